The van der Waals surface area contributed by atoms with Gasteiger partial charge in [0, 0.05) is 5.46 Å². The third-order valence-corrected chi connectivity index (χ3v) is 1.97. The van der Waals surface area contributed by atoms with Crippen LogP contribution in [0.25, 0.3) is 0 Å². The molecule has 2 N–H and O–H groups in total. The Balaban J connectivity index is 3.41. The number of halogens is 3. The maximum atomic E-state index is 13.0. The molecule has 13 heavy (non-hydrogen) atoms. The lowest BCUT2D eigenvalue weighted by Crippen LogP contribution is -2.33. The van der Waals surface area contributed by atoms with E-state index in [-0.39, 0.29) is 5.56 Å². The van der Waals surface area contributed by atoms with Gasteiger partial charge in [-0.3, -0.25) is 0 Å². The molecule has 0 bridgehead atoms. The zero-order valence-corrected chi connectivity index (χ0v) is 7.44. The highest BCUT2D eigenvalue weighted by atomic mass is 35.5. The van der Waals surface area contributed by atoms with Crippen LogP contribution in [0.15, 0.2) is 6.07 Å². The Morgan fingerprint density at radius 1 is 1.31 bits per heavy atom. The van der Waals surface area contributed by atoms with E-state index in [0.29, 0.717) is 0 Å². The molecule has 0 aliphatic rings. The molecule has 0 saturated heterocycles. The third-order valence-electron chi connectivity index (χ3n) is 1.64. The van der Waals surface area contributed by atoms with Crippen molar-refractivity contribution in [2.75, 3.05) is 0 Å². The van der Waals surface area contributed by atoms with E-state index in [4.69, 9.17) is 21.6 Å². The highest BCUT2D eigenvalue weighted by molar-refractivity contribution is 6.59. The Hall–Kier alpha value is -0.645. The van der Waals surface area contributed by atoms with Crippen molar-refractivity contribution in [1.82, 2.24) is 0 Å². The molecule has 0 saturated carbocycles. The lowest BCUT2D eigenvalue weighted by molar-refractivity contribution is 0.422. The number of benzene rings is 1. The van der Waals surface area contributed by atoms with Crippen molar-refractivity contribution in [2.45, 2.75) is 6.92 Å². The Kier molecular flexibility index (Phi) is 2.90. The van der Waals surface area contributed by atoms with E-state index in [1.54, 1.807) is 0 Å². The highest BCUT2D eigenvalue weighted by Gasteiger charge is 2.22. The second kappa shape index (κ2) is 3.61. The van der Waals surface area contributed by atoms with Crippen LogP contribution in [0.2, 0.25) is 5.02 Å². The molecule has 0 atom stereocenters. The molecule has 0 aromatic heterocycles. The minimum atomic E-state index is -1.99. The van der Waals surface area contributed by atoms with Gasteiger partial charge in [0.1, 0.15) is 16.7 Å². The predicted molar refractivity (Wildman–Crippen MR) is 45.9 cm³/mol. The summed E-state index contributed by atoms with van der Waals surface area (Å²) in [6, 6.07) is 1.00. The zero-order valence-electron chi connectivity index (χ0n) is 6.68. The molecule has 1 aromatic rings. The fraction of sp³-hybridized carbons (Fsp3) is 0.143. The fourth-order valence-corrected chi connectivity index (χ4v) is 1.20. The van der Waals surface area contributed by atoms with Crippen molar-refractivity contribution in [2.24, 2.45) is 0 Å². The minimum absolute atomic E-state index is 0.0644. The van der Waals surface area contributed by atoms with Gasteiger partial charge in [-0.15, -0.1) is 0 Å². The van der Waals surface area contributed by atoms with E-state index in [1.807, 2.05) is 0 Å². The second-order valence-corrected chi connectivity index (χ2v) is 2.98. The predicted octanol–water partition coefficient (Wildman–Crippen LogP) is 0.606. The van der Waals surface area contributed by atoms with Crippen LogP contribution < -0.4 is 5.46 Å². The molecule has 70 valence electrons. The van der Waals surface area contributed by atoms with Crippen molar-refractivity contribution in [1.29, 1.82) is 0 Å². The molecule has 0 heterocycles. The first-order valence-corrected chi connectivity index (χ1v) is 3.83. The number of aryl methyl sites for hydroxylation is 1. The van der Waals surface area contributed by atoms with Crippen LogP contribution in [0.3, 0.4) is 0 Å². The molecule has 0 spiro atoms. The monoisotopic (exact) mass is 206 g/mol. The number of rotatable bonds is 1. The van der Waals surface area contributed by atoms with Crippen LogP contribution in [0, 0.1) is 18.6 Å². The summed E-state index contributed by atoms with van der Waals surface area (Å²) < 4.78 is 25.9. The number of hydrogen-bond donors (Lipinski definition) is 2. The normalized spacial score (nSPS) is 10.3. The first-order valence-electron chi connectivity index (χ1n) is 3.45. The lowest BCUT2D eigenvalue weighted by atomic mass is 9.79. The molecule has 1 rings (SSSR count). The molecular weight excluding hydrogens is 200 g/mol. The van der Waals surface area contributed by atoms with Crippen LogP contribution in [-0.2, 0) is 0 Å². The summed E-state index contributed by atoms with van der Waals surface area (Å²) >= 11 is 5.26. The van der Waals surface area contributed by atoms with Gasteiger partial charge >= 0.3 is 7.12 Å². The molecule has 0 radical (unpaired) electrons. The summed E-state index contributed by atoms with van der Waals surface area (Å²) in [6.45, 7) is 1.35. The number of hydrogen-bond acceptors (Lipinski definition) is 2. The van der Waals surface area contributed by atoms with E-state index in [1.165, 1.54) is 6.92 Å². The Labute approximate surface area is 78.9 Å². The standard InChI is InChI=1S/C7H6BClF2O2/c1-3-2-4(8(12)13)7(11)5(9)6(3)10/h2,12-13H,1H3. The van der Waals surface area contributed by atoms with E-state index >= 15 is 0 Å². The first-order chi connectivity index (χ1) is 5.95. The second-order valence-electron chi connectivity index (χ2n) is 2.60. The molecule has 0 unspecified atom stereocenters. The van der Waals surface area contributed by atoms with Gasteiger partial charge in [0.2, 0.25) is 0 Å². The van der Waals surface area contributed by atoms with Crippen molar-refractivity contribution in [3.63, 3.8) is 0 Å². The summed E-state index contributed by atoms with van der Waals surface area (Å²) in [5, 5.41) is 16.6. The Bertz CT molecular complexity index is 344. The van der Waals surface area contributed by atoms with Gasteiger partial charge < -0.3 is 10.0 Å². The summed E-state index contributed by atoms with van der Waals surface area (Å²) in [5.74, 6) is -2.02. The highest BCUT2D eigenvalue weighted by Crippen LogP contribution is 2.19. The van der Waals surface area contributed by atoms with Crippen LogP contribution in [-0.4, -0.2) is 17.2 Å². The fourth-order valence-electron chi connectivity index (χ4n) is 0.944. The summed E-state index contributed by atoms with van der Waals surface area (Å²) in [4.78, 5) is 0. The minimum Gasteiger partial charge on any atom is -0.423 e. The molecule has 6 heteroatoms. The van der Waals surface area contributed by atoms with E-state index in [2.05, 4.69) is 0 Å². The molecule has 1 aromatic carbocycles. The van der Waals surface area contributed by atoms with Gasteiger partial charge in [-0.1, -0.05) is 17.7 Å². The molecular formula is C7H6BClF2O2. The van der Waals surface area contributed by atoms with Gasteiger partial charge in [0.15, 0.2) is 0 Å². The van der Waals surface area contributed by atoms with Gasteiger partial charge in [-0.05, 0) is 12.5 Å². The van der Waals surface area contributed by atoms with Gasteiger partial charge in [-0.2, -0.15) is 0 Å². The zero-order chi connectivity index (χ0) is 10.2. The first kappa shape index (κ1) is 10.4. The molecule has 0 amide bonds. The average molecular weight is 206 g/mol. The SMILES string of the molecule is Cc1cc(B(O)O)c(F)c(Cl)c1F. The van der Waals surface area contributed by atoms with Crippen LogP contribution in [0.5, 0.6) is 0 Å². The summed E-state index contributed by atoms with van der Waals surface area (Å²) in [5.41, 5.74) is -0.363. The third kappa shape index (κ3) is 1.82. The van der Waals surface area contributed by atoms with Crippen LogP contribution in [0.4, 0.5) is 8.78 Å². The largest absolute Gasteiger partial charge is 0.491 e. The Morgan fingerprint density at radius 3 is 2.31 bits per heavy atom. The molecule has 0 aliphatic carbocycles. The summed E-state index contributed by atoms with van der Waals surface area (Å²) in [7, 11) is -1.99. The van der Waals surface area contributed by atoms with Crippen molar-refractivity contribution >= 4 is 24.2 Å². The lowest BCUT2D eigenvalue weighted by Gasteiger charge is -2.06. The van der Waals surface area contributed by atoms with Crippen LogP contribution in [0.1, 0.15) is 5.56 Å². The molecule has 2 nitrogen and oxygen atoms in total. The summed E-state index contributed by atoms with van der Waals surface area (Å²) in [6.07, 6.45) is 0. The van der Waals surface area contributed by atoms with E-state index < -0.39 is 29.2 Å². The van der Waals surface area contributed by atoms with E-state index in [9.17, 15) is 8.78 Å². The topological polar surface area (TPSA) is 40.5 Å². The van der Waals surface area contributed by atoms with Crippen molar-refractivity contribution < 1.29 is 18.8 Å². The van der Waals surface area contributed by atoms with Gasteiger partial charge in [0.05, 0.1) is 0 Å². The van der Waals surface area contributed by atoms with Crippen molar-refractivity contribution in [3.8, 4) is 0 Å². The van der Waals surface area contributed by atoms with Crippen LogP contribution >= 0.6 is 11.6 Å². The molecule has 0 fully saturated rings. The maximum Gasteiger partial charge on any atom is 0.491 e. The Morgan fingerprint density at radius 2 is 1.85 bits per heavy atom. The maximum absolute atomic E-state index is 13.0. The van der Waals surface area contributed by atoms with Gasteiger partial charge in [-0.25, -0.2) is 8.78 Å². The molecule has 0 aliphatic heterocycles. The average Bonchev–Trinajstić information content (AvgIpc) is 2.07. The van der Waals surface area contributed by atoms with Gasteiger partial charge in [0.25, 0.3) is 0 Å². The smallest absolute Gasteiger partial charge is 0.423 e. The quantitative estimate of drug-likeness (QED) is 0.522. The van der Waals surface area contributed by atoms with E-state index in [0.717, 1.165) is 6.07 Å². The van der Waals surface area contributed by atoms with Crippen molar-refractivity contribution in [3.05, 3.63) is 28.3 Å².